The first kappa shape index (κ1) is 20.6. The smallest absolute Gasteiger partial charge is 0.256 e. The van der Waals surface area contributed by atoms with Crippen molar-refractivity contribution < 1.29 is 18.0 Å². The van der Waals surface area contributed by atoms with Gasteiger partial charge in [-0.15, -0.1) is 4.80 Å². The number of benzene rings is 2. The Hall–Kier alpha value is -4.02. The van der Waals surface area contributed by atoms with Gasteiger partial charge in [0.05, 0.1) is 35.2 Å². The largest absolute Gasteiger partial charge is 0.355 e. The van der Waals surface area contributed by atoms with Gasteiger partial charge in [-0.25, -0.2) is 18.2 Å². The zero-order valence-corrected chi connectivity index (χ0v) is 17.8. The van der Waals surface area contributed by atoms with E-state index in [9.17, 15) is 18.0 Å². The minimum atomic E-state index is -0.964. The molecular formula is C23H18F3N7O. The Labute approximate surface area is 191 Å². The molecule has 2 atom stereocenters. The van der Waals surface area contributed by atoms with E-state index in [1.807, 2.05) is 4.90 Å². The third-order valence-corrected chi connectivity index (χ3v) is 6.50. The second-order valence-corrected chi connectivity index (χ2v) is 8.57. The van der Waals surface area contributed by atoms with Crippen LogP contribution in [0.1, 0.15) is 10.4 Å². The third-order valence-electron chi connectivity index (χ3n) is 6.50. The molecular weight excluding hydrogens is 447 g/mol. The predicted octanol–water partition coefficient (Wildman–Crippen LogP) is 2.84. The van der Waals surface area contributed by atoms with Crippen LogP contribution in [0.4, 0.5) is 19.0 Å². The summed E-state index contributed by atoms with van der Waals surface area (Å²) in [5.41, 5.74) is 0.821. The first-order chi connectivity index (χ1) is 16.5. The molecule has 1 amide bonds. The van der Waals surface area contributed by atoms with Gasteiger partial charge < -0.3 is 9.80 Å². The normalized spacial score (nSPS) is 19.7. The van der Waals surface area contributed by atoms with Crippen LogP contribution in [0.2, 0.25) is 0 Å². The van der Waals surface area contributed by atoms with E-state index < -0.39 is 17.5 Å². The molecule has 34 heavy (non-hydrogen) atoms. The van der Waals surface area contributed by atoms with Crippen molar-refractivity contribution in [1.29, 1.82) is 0 Å². The topological polar surface area (TPSA) is 80.0 Å². The second-order valence-electron chi connectivity index (χ2n) is 8.57. The summed E-state index contributed by atoms with van der Waals surface area (Å²) >= 11 is 0. The summed E-state index contributed by atoms with van der Waals surface area (Å²) in [5.74, 6) is -1.77. The summed E-state index contributed by atoms with van der Waals surface area (Å²) in [6.45, 7) is 2.33. The number of hydrogen-bond donors (Lipinski definition) is 0. The van der Waals surface area contributed by atoms with Crippen LogP contribution in [-0.4, -0.2) is 61.9 Å². The third kappa shape index (κ3) is 3.35. The fourth-order valence-corrected chi connectivity index (χ4v) is 4.89. The molecule has 0 aliphatic carbocycles. The Balaban J connectivity index is 1.20. The molecule has 4 heterocycles. The highest BCUT2D eigenvalue weighted by atomic mass is 19.2. The molecule has 0 bridgehead atoms. The maximum absolute atomic E-state index is 14.6. The summed E-state index contributed by atoms with van der Waals surface area (Å²) < 4.78 is 41.6. The van der Waals surface area contributed by atoms with Crippen LogP contribution in [0.5, 0.6) is 0 Å². The van der Waals surface area contributed by atoms with E-state index in [4.69, 9.17) is 0 Å². The van der Waals surface area contributed by atoms with E-state index >= 15 is 0 Å². The zero-order chi connectivity index (χ0) is 23.4. The SMILES string of the molecule is O=C(c1cccc(F)c1-n1nccn1)N1CC2CN(c3cnc4cc(F)c(F)cc4n3)CC2C1. The van der Waals surface area contributed by atoms with Gasteiger partial charge >= 0.3 is 0 Å². The molecule has 2 aliphatic rings. The fourth-order valence-electron chi connectivity index (χ4n) is 4.89. The van der Waals surface area contributed by atoms with Crippen LogP contribution < -0.4 is 4.90 Å². The van der Waals surface area contributed by atoms with Crippen molar-refractivity contribution >= 4 is 22.8 Å². The molecule has 6 rings (SSSR count). The lowest BCUT2D eigenvalue weighted by Crippen LogP contribution is -2.34. The number of carbonyl (C=O) groups is 1. The van der Waals surface area contributed by atoms with E-state index in [-0.39, 0.29) is 40.0 Å². The molecule has 2 aliphatic heterocycles. The summed E-state index contributed by atoms with van der Waals surface area (Å²) in [5, 5.41) is 7.96. The van der Waals surface area contributed by atoms with Gasteiger partial charge in [-0.05, 0) is 12.1 Å². The Bertz CT molecular complexity index is 1400. The summed E-state index contributed by atoms with van der Waals surface area (Å²) in [7, 11) is 0. The van der Waals surface area contributed by atoms with Crippen LogP contribution in [0.25, 0.3) is 16.7 Å². The highest BCUT2D eigenvalue weighted by molar-refractivity contribution is 5.98. The summed E-state index contributed by atoms with van der Waals surface area (Å²) in [6.07, 6.45) is 4.41. The molecule has 11 heteroatoms. The average molecular weight is 465 g/mol. The molecule has 172 valence electrons. The number of nitrogens with zero attached hydrogens (tertiary/aromatic N) is 7. The maximum atomic E-state index is 14.6. The lowest BCUT2D eigenvalue weighted by Gasteiger charge is -2.23. The average Bonchev–Trinajstić information content (AvgIpc) is 3.56. The van der Waals surface area contributed by atoms with Gasteiger partial charge in [0.15, 0.2) is 17.5 Å². The summed E-state index contributed by atoms with van der Waals surface area (Å²) in [6, 6.07) is 6.43. The Morgan fingerprint density at radius 1 is 0.882 bits per heavy atom. The van der Waals surface area contributed by atoms with E-state index in [2.05, 4.69) is 20.2 Å². The van der Waals surface area contributed by atoms with E-state index in [1.54, 1.807) is 17.2 Å². The van der Waals surface area contributed by atoms with Gasteiger partial charge in [-0.2, -0.15) is 10.2 Å². The first-order valence-electron chi connectivity index (χ1n) is 10.8. The Morgan fingerprint density at radius 2 is 1.56 bits per heavy atom. The Morgan fingerprint density at radius 3 is 2.26 bits per heavy atom. The summed E-state index contributed by atoms with van der Waals surface area (Å²) in [4.78, 5) is 26.9. The minimum absolute atomic E-state index is 0.0336. The molecule has 0 N–H and O–H groups in total. The zero-order valence-electron chi connectivity index (χ0n) is 17.8. The van der Waals surface area contributed by atoms with Crippen LogP contribution in [0.15, 0.2) is 48.9 Å². The standard InChI is InChI=1S/C23H18F3N7O/c24-16-3-1-2-15(22(16)33-28-4-5-29-33)23(34)32-11-13-9-31(10-14(13)12-32)21-8-27-19-6-17(25)18(26)7-20(19)30-21/h1-8,13-14H,9-12H2. The molecule has 0 spiro atoms. The number of halogens is 3. The lowest BCUT2D eigenvalue weighted by molar-refractivity contribution is 0.0781. The molecule has 0 saturated carbocycles. The van der Waals surface area contributed by atoms with E-state index in [1.165, 1.54) is 24.5 Å². The van der Waals surface area contributed by atoms with E-state index in [0.29, 0.717) is 32.0 Å². The molecule has 2 fully saturated rings. The van der Waals surface area contributed by atoms with Crippen molar-refractivity contribution in [1.82, 2.24) is 29.9 Å². The van der Waals surface area contributed by atoms with Crippen LogP contribution in [0, 0.1) is 29.3 Å². The van der Waals surface area contributed by atoms with Crippen molar-refractivity contribution in [3.63, 3.8) is 0 Å². The van der Waals surface area contributed by atoms with Gasteiger partial charge in [0.25, 0.3) is 5.91 Å². The van der Waals surface area contributed by atoms with Crippen LogP contribution in [-0.2, 0) is 0 Å². The number of likely N-dealkylation sites (tertiary alicyclic amines) is 1. The van der Waals surface area contributed by atoms with Crippen molar-refractivity contribution in [2.24, 2.45) is 11.8 Å². The van der Waals surface area contributed by atoms with Gasteiger partial charge in [-0.1, -0.05) is 6.07 Å². The molecule has 0 radical (unpaired) electrons. The highest BCUT2D eigenvalue weighted by Crippen LogP contribution is 2.35. The molecule has 2 saturated heterocycles. The first-order valence-corrected chi connectivity index (χ1v) is 10.8. The quantitative estimate of drug-likeness (QED) is 0.463. The van der Waals surface area contributed by atoms with Crippen LogP contribution >= 0.6 is 0 Å². The van der Waals surface area contributed by atoms with E-state index in [0.717, 1.165) is 16.9 Å². The van der Waals surface area contributed by atoms with Crippen molar-refractivity contribution in [3.8, 4) is 5.69 Å². The molecule has 4 aromatic rings. The Kier molecular flexibility index (Phi) is 4.71. The number of amides is 1. The lowest BCUT2D eigenvalue weighted by atomic mass is 10.0. The van der Waals surface area contributed by atoms with Gasteiger partial charge in [0.1, 0.15) is 11.5 Å². The number of aromatic nitrogens is 5. The number of anilines is 1. The molecule has 8 nitrogen and oxygen atoms in total. The molecule has 2 unspecified atom stereocenters. The number of para-hydroxylation sites is 1. The highest BCUT2D eigenvalue weighted by Gasteiger charge is 2.42. The molecule has 2 aromatic heterocycles. The number of rotatable bonds is 3. The predicted molar refractivity (Wildman–Crippen MR) is 116 cm³/mol. The fraction of sp³-hybridized carbons (Fsp3) is 0.261. The van der Waals surface area contributed by atoms with Gasteiger partial charge in [0, 0.05) is 50.1 Å². The monoisotopic (exact) mass is 465 g/mol. The minimum Gasteiger partial charge on any atom is -0.355 e. The maximum Gasteiger partial charge on any atom is 0.256 e. The second kappa shape index (κ2) is 7.79. The van der Waals surface area contributed by atoms with Crippen molar-refractivity contribution in [2.75, 3.05) is 31.1 Å². The van der Waals surface area contributed by atoms with Crippen LogP contribution in [0.3, 0.4) is 0 Å². The number of carbonyl (C=O) groups excluding carboxylic acids is 1. The van der Waals surface area contributed by atoms with Gasteiger partial charge in [0.2, 0.25) is 0 Å². The number of hydrogen-bond acceptors (Lipinski definition) is 6. The van der Waals surface area contributed by atoms with Crippen molar-refractivity contribution in [2.45, 2.75) is 0 Å². The number of fused-ring (bicyclic) bond motifs is 2. The van der Waals surface area contributed by atoms with Crippen molar-refractivity contribution in [3.05, 3.63) is 71.9 Å². The molecule has 2 aromatic carbocycles. The van der Waals surface area contributed by atoms with Gasteiger partial charge in [-0.3, -0.25) is 9.78 Å².